The zero-order valence-corrected chi connectivity index (χ0v) is 16.0. The van der Waals surface area contributed by atoms with Gasteiger partial charge in [0.1, 0.15) is 6.61 Å². The number of carboxylic acid groups (broad SMARTS) is 1. The van der Waals surface area contributed by atoms with Crippen LogP contribution in [-0.2, 0) is 16.1 Å². The SMILES string of the molecule is C[C@H]1[C@@H](c2ccc(F)c(F)c2OCc2ccccc2)[C@@H](C(=O)O)O[C@@]1(C)C(F)(F)F. The van der Waals surface area contributed by atoms with Crippen LogP contribution in [0.25, 0.3) is 0 Å². The lowest BCUT2D eigenvalue weighted by Gasteiger charge is -2.32. The molecule has 1 aliphatic heterocycles. The number of ether oxygens (including phenoxy) is 2. The minimum Gasteiger partial charge on any atom is -0.485 e. The third-order valence-electron chi connectivity index (χ3n) is 5.58. The van der Waals surface area contributed by atoms with Gasteiger partial charge in [0, 0.05) is 17.4 Å². The fraction of sp³-hybridized carbons (Fsp3) is 0.381. The molecule has 1 fully saturated rings. The number of halogens is 5. The van der Waals surface area contributed by atoms with Crippen molar-refractivity contribution in [2.45, 2.75) is 44.3 Å². The minimum absolute atomic E-state index is 0.190. The Labute approximate surface area is 169 Å². The number of rotatable bonds is 5. The van der Waals surface area contributed by atoms with Crippen LogP contribution in [-0.4, -0.2) is 29.0 Å². The molecule has 1 N–H and O–H groups in total. The lowest BCUT2D eigenvalue weighted by Crippen LogP contribution is -2.47. The summed E-state index contributed by atoms with van der Waals surface area (Å²) < 4.78 is 79.8. The molecule has 1 aliphatic rings. The molecule has 0 saturated carbocycles. The largest absolute Gasteiger partial charge is 0.485 e. The smallest absolute Gasteiger partial charge is 0.417 e. The summed E-state index contributed by atoms with van der Waals surface area (Å²) in [4.78, 5) is 11.7. The van der Waals surface area contributed by atoms with Gasteiger partial charge in [0.15, 0.2) is 23.3 Å². The Bertz CT molecular complexity index is 931. The van der Waals surface area contributed by atoms with Crippen molar-refractivity contribution < 1.29 is 41.3 Å². The maximum atomic E-state index is 14.6. The molecular weight excluding hydrogens is 411 g/mol. The zero-order valence-electron chi connectivity index (χ0n) is 16.0. The second kappa shape index (κ2) is 7.86. The summed E-state index contributed by atoms with van der Waals surface area (Å²) in [5.74, 6) is -7.77. The quantitative estimate of drug-likeness (QED) is 0.674. The van der Waals surface area contributed by atoms with Gasteiger partial charge in [0.05, 0.1) is 0 Å². The van der Waals surface area contributed by atoms with Gasteiger partial charge in [-0.1, -0.05) is 43.3 Å². The van der Waals surface area contributed by atoms with E-state index in [0.717, 1.165) is 19.1 Å². The molecular formula is C21H19F5O4. The first-order valence-corrected chi connectivity index (χ1v) is 9.09. The minimum atomic E-state index is -4.88. The monoisotopic (exact) mass is 430 g/mol. The van der Waals surface area contributed by atoms with Crippen molar-refractivity contribution >= 4 is 5.97 Å². The number of benzene rings is 2. The number of carboxylic acids is 1. The second-order valence-corrected chi connectivity index (χ2v) is 7.35. The molecule has 0 bridgehead atoms. The molecule has 4 atom stereocenters. The van der Waals surface area contributed by atoms with Crippen LogP contribution in [0.5, 0.6) is 5.75 Å². The summed E-state index contributed by atoms with van der Waals surface area (Å²) in [6.45, 7) is 1.73. The zero-order chi connectivity index (χ0) is 22.3. The third-order valence-corrected chi connectivity index (χ3v) is 5.58. The highest BCUT2D eigenvalue weighted by Crippen LogP contribution is 2.54. The van der Waals surface area contributed by atoms with Crippen LogP contribution in [0.4, 0.5) is 22.0 Å². The maximum absolute atomic E-state index is 14.6. The van der Waals surface area contributed by atoms with Crippen molar-refractivity contribution in [3.8, 4) is 5.75 Å². The van der Waals surface area contributed by atoms with Gasteiger partial charge in [-0.05, 0) is 18.6 Å². The standard InChI is InChI=1S/C21H19F5O4/c1-11-15(18(19(27)28)30-20(11,2)21(24,25)26)13-8-9-14(22)16(23)17(13)29-10-12-6-4-3-5-7-12/h3-9,11,15,18H,10H2,1-2H3,(H,27,28)/t11-,15-,18-,20+/m0/s1. The summed E-state index contributed by atoms with van der Waals surface area (Å²) in [6.07, 6.45) is -6.80. The van der Waals surface area contributed by atoms with E-state index in [-0.39, 0.29) is 12.2 Å². The van der Waals surface area contributed by atoms with Crippen LogP contribution in [0.3, 0.4) is 0 Å². The van der Waals surface area contributed by atoms with Crippen LogP contribution >= 0.6 is 0 Å². The van der Waals surface area contributed by atoms with Crippen molar-refractivity contribution in [1.82, 2.24) is 0 Å². The van der Waals surface area contributed by atoms with Gasteiger partial charge in [-0.3, -0.25) is 0 Å². The van der Waals surface area contributed by atoms with E-state index < -0.39 is 53.1 Å². The molecule has 2 aromatic rings. The molecule has 0 unspecified atom stereocenters. The summed E-state index contributed by atoms with van der Waals surface area (Å²) in [6, 6.07) is 10.2. The highest BCUT2D eigenvalue weighted by molar-refractivity contribution is 5.75. The third kappa shape index (κ3) is 3.74. The first kappa shape index (κ1) is 22.0. The van der Waals surface area contributed by atoms with Gasteiger partial charge in [-0.25, -0.2) is 9.18 Å². The average molecular weight is 430 g/mol. The summed E-state index contributed by atoms with van der Waals surface area (Å²) in [5.41, 5.74) is -2.38. The fourth-order valence-electron chi connectivity index (χ4n) is 3.70. The van der Waals surface area contributed by atoms with Gasteiger partial charge in [0.25, 0.3) is 0 Å². The molecule has 30 heavy (non-hydrogen) atoms. The Morgan fingerprint density at radius 2 is 1.80 bits per heavy atom. The first-order chi connectivity index (χ1) is 14.0. The normalized spacial score (nSPS) is 26.6. The Hall–Kier alpha value is -2.68. The van der Waals surface area contributed by atoms with Crippen LogP contribution in [0, 0.1) is 17.6 Å². The molecule has 1 saturated heterocycles. The van der Waals surface area contributed by atoms with Crippen LogP contribution in [0.1, 0.15) is 30.9 Å². The topological polar surface area (TPSA) is 55.8 Å². The Kier molecular flexibility index (Phi) is 5.77. The van der Waals surface area contributed by atoms with Crippen LogP contribution in [0.2, 0.25) is 0 Å². The molecule has 0 spiro atoms. The number of alkyl halides is 3. The molecule has 0 aromatic heterocycles. The van der Waals surface area contributed by atoms with Crippen molar-refractivity contribution in [3.63, 3.8) is 0 Å². The van der Waals surface area contributed by atoms with Gasteiger partial charge < -0.3 is 14.6 Å². The number of carbonyl (C=O) groups is 1. The Morgan fingerprint density at radius 3 is 2.37 bits per heavy atom. The Balaban J connectivity index is 2.06. The fourth-order valence-corrected chi connectivity index (χ4v) is 3.70. The van der Waals surface area contributed by atoms with E-state index in [2.05, 4.69) is 0 Å². The highest BCUT2D eigenvalue weighted by atomic mass is 19.4. The average Bonchev–Trinajstić information content (AvgIpc) is 2.96. The molecule has 0 radical (unpaired) electrons. The van der Waals surface area contributed by atoms with E-state index in [9.17, 15) is 31.9 Å². The number of hydrogen-bond acceptors (Lipinski definition) is 3. The molecule has 1 heterocycles. The Morgan fingerprint density at radius 1 is 1.17 bits per heavy atom. The van der Waals surface area contributed by atoms with E-state index in [1.807, 2.05) is 0 Å². The maximum Gasteiger partial charge on any atom is 0.417 e. The second-order valence-electron chi connectivity index (χ2n) is 7.35. The molecule has 3 rings (SSSR count). The number of hydrogen-bond donors (Lipinski definition) is 1. The van der Waals surface area contributed by atoms with Gasteiger partial charge >= 0.3 is 12.1 Å². The van der Waals surface area contributed by atoms with Gasteiger partial charge in [-0.15, -0.1) is 0 Å². The number of aliphatic carboxylic acids is 1. The van der Waals surface area contributed by atoms with Gasteiger partial charge in [0.2, 0.25) is 5.82 Å². The first-order valence-electron chi connectivity index (χ1n) is 9.09. The van der Waals surface area contributed by atoms with E-state index in [0.29, 0.717) is 5.56 Å². The van der Waals surface area contributed by atoms with Gasteiger partial charge in [-0.2, -0.15) is 17.6 Å². The van der Waals surface area contributed by atoms with E-state index in [4.69, 9.17) is 9.47 Å². The van der Waals surface area contributed by atoms with E-state index in [1.54, 1.807) is 30.3 Å². The van der Waals surface area contributed by atoms with E-state index in [1.165, 1.54) is 6.92 Å². The predicted molar refractivity (Wildman–Crippen MR) is 96.0 cm³/mol. The van der Waals surface area contributed by atoms with Crippen LogP contribution in [0.15, 0.2) is 42.5 Å². The lowest BCUT2D eigenvalue weighted by atomic mass is 9.77. The predicted octanol–water partition coefficient (Wildman–Crippen LogP) is 5.07. The summed E-state index contributed by atoms with van der Waals surface area (Å²) >= 11 is 0. The molecule has 162 valence electrons. The molecule has 0 aliphatic carbocycles. The molecule has 0 amide bonds. The molecule has 4 nitrogen and oxygen atoms in total. The lowest BCUT2D eigenvalue weighted by molar-refractivity contribution is -0.273. The van der Waals surface area contributed by atoms with E-state index >= 15 is 0 Å². The highest BCUT2D eigenvalue weighted by Gasteiger charge is 2.66. The van der Waals surface area contributed by atoms with Crippen molar-refractivity contribution in [2.24, 2.45) is 5.92 Å². The van der Waals surface area contributed by atoms with Crippen LogP contribution < -0.4 is 4.74 Å². The van der Waals surface area contributed by atoms with Crippen molar-refractivity contribution in [3.05, 3.63) is 65.2 Å². The molecule has 2 aromatic carbocycles. The summed E-state index contributed by atoms with van der Waals surface area (Å²) in [5, 5.41) is 9.48. The molecule has 9 heteroatoms. The summed E-state index contributed by atoms with van der Waals surface area (Å²) in [7, 11) is 0. The van der Waals surface area contributed by atoms with Crippen molar-refractivity contribution in [2.75, 3.05) is 0 Å². The van der Waals surface area contributed by atoms with Crippen molar-refractivity contribution in [1.29, 1.82) is 0 Å².